The van der Waals surface area contributed by atoms with Crippen LogP contribution in [0.2, 0.25) is 0 Å². The first-order valence-electron chi connectivity index (χ1n) is 10.8. The van der Waals surface area contributed by atoms with Gasteiger partial charge in [-0.2, -0.15) is 0 Å². The Morgan fingerprint density at radius 1 is 1.28 bits per heavy atom. The third-order valence-corrected chi connectivity index (χ3v) is 8.93. The Bertz CT molecular complexity index is 1100. The lowest BCUT2D eigenvalue weighted by Crippen LogP contribution is -2.36. The van der Waals surface area contributed by atoms with Crippen LogP contribution in [0.25, 0.3) is 0 Å². The number of aromatic nitrogens is 1. The number of nitrogens with one attached hydrogen (secondary N) is 1. The maximum absolute atomic E-state index is 12.8. The van der Waals surface area contributed by atoms with E-state index in [-0.39, 0.29) is 23.1 Å². The van der Waals surface area contributed by atoms with Crippen LogP contribution >= 0.6 is 11.3 Å². The van der Waals surface area contributed by atoms with E-state index in [9.17, 15) is 18.0 Å². The second kappa shape index (κ2) is 9.29. The van der Waals surface area contributed by atoms with Crippen molar-refractivity contribution in [3.05, 3.63) is 40.4 Å². The molecule has 2 aliphatic rings. The van der Waals surface area contributed by atoms with Gasteiger partial charge < -0.3 is 9.64 Å². The van der Waals surface area contributed by atoms with Gasteiger partial charge in [0.05, 0.1) is 28.8 Å². The predicted octanol–water partition coefficient (Wildman–Crippen LogP) is 2.57. The van der Waals surface area contributed by atoms with E-state index in [2.05, 4.69) is 10.3 Å². The molecule has 8 nitrogen and oxygen atoms in total. The van der Waals surface area contributed by atoms with Gasteiger partial charge in [-0.05, 0) is 44.4 Å². The SMILES string of the molecule is CC(C)S(=O)(=O)c1ccc(CC(=O)N2CCc3nc(NC(=O)C4CCCO4)sc3C2)cc1. The topological polar surface area (TPSA) is 106 Å². The first-order valence-corrected chi connectivity index (χ1v) is 13.1. The van der Waals surface area contributed by atoms with Crippen LogP contribution in [0.3, 0.4) is 0 Å². The molecule has 32 heavy (non-hydrogen) atoms. The molecule has 0 bridgehead atoms. The van der Waals surface area contributed by atoms with Gasteiger partial charge in [-0.15, -0.1) is 0 Å². The lowest BCUT2D eigenvalue weighted by Gasteiger charge is -2.26. The fourth-order valence-electron chi connectivity index (χ4n) is 3.79. The number of fused-ring (bicyclic) bond motifs is 1. The number of sulfone groups is 1. The number of ether oxygens (including phenoxy) is 1. The van der Waals surface area contributed by atoms with E-state index in [0.29, 0.717) is 31.2 Å². The molecule has 10 heteroatoms. The van der Waals surface area contributed by atoms with E-state index in [0.717, 1.165) is 29.0 Å². The summed E-state index contributed by atoms with van der Waals surface area (Å²) in [6.07, 6.45) is 2.05. The Balaban J connectivity index is 1.36. The Morgan fingerprint density at radius 3 is 2.69 bits per heavy atom. The maximum Gasteiger partial charge on any atom is 0.255 e. The summed E-state index contributed by atoms with van der Waals surface area (Å²) in [5.41, 5.74) is 1.70. The van der Waals surface area contributed by atoms with Crippen molar-refractivity contribution in [2.24, 2.45) is 0 Å². The molecular formula is C22H27N3O5S2. The van der Waals surface area contributed by atoms with Gasteiger partial charge in [-0.1, -0.05) is 23.5 Å². The molecule has 2 aromatic rings. The van der Waals surface area contributed by atoms with Crippen molar-refractivity contribution >= 4 is 38.1 Å². The molecule has 0 spiro atoms. The smallest absolute Gasteiger partial charge is 0.255 e. The maximum atomic E-state index is 12.8. The zero-order valence-corrected chi connectivity index (χ0v) is 19.8. The summed E-state index contributed by atoms with van der Waals surface area (Å²) < 4.78 is 29.9. The monoisotopic (exact) mass is 477 g/mol. The number of amides is 2. The Kier molecular flexibility index (Phi) is 6.64. The van der Waals surface area contributed by atoms with Crippen molar-refractivity contribution in [1.29, 1.82) is 0 Å². The van der Waals surface area contributed by atoms with Crippen LogP contribution in [0, 0.1) is 0 Å². The fraction of sp³-hybridized carbons (Fsp3) is 0.500. The van der Waals surface area contributed by atoms with E-state index >= 15 is 0 Å². The molecule has 1 saturated heterocycles. The molecule has 1 atom stereocenters. The highest BCUT2D eigenvalue weighted by Gasteiger charge is 2.27. The summed E-state index contributed by atoms with van der Waals surface area (Å²) in [6, 6.07) is 6.54. The van der Waals surface area contributed by atoms with Gasteiger partial charge in [0.1, 0.15) is 6.10 Å². The second-order valence-electron chi connectivity index (χ2n) is 8.36. The fourth-order valence-corrected chi connectivity index (χ4v) is 5.87. The molecule has 0 radical (unpaired) electrons. The number of carbonyl (C=O) groups is 2. The van der Waals surface area contributed by atoms with Gasteiger partial charge in [0.25, 0.3) is 5.91 Å². The van der Waals surface area contributed by atoms with Crippen molar-refractivity contribution < 1.29 is 22.7 Å². The Hall–Kier alpha value is -2.30. The average molecular weight is 478 g/mol. The first-order chi connectivity index (χ1) is 15.2. The van der Waals surface area contributed by atoms with Crippen molar-refractivity contribution in [3.63, 3.8) is 0 Å². The standard InChI is InChI=1S/C22H27N3O5S2/c1-14(2)32(28,29)16-7-5-15(6-8-16)12-20(26)25-10-9-17-19(13-25)31-22(23-17)24-21(27)18-4-3-11-30-18/h5-8,14,18H,3-4,9-13H2,1-2H3,(H,23,24,27). The molecule has 1 fully saturated rings. The zero-order chi connectivity index (χ0) is 22.9. The molecule has 2 amide bonds. The number of hydrogen-bond acceptors (Lipinski definition) is 7. The van der Waals surface area contributed by atoms with Gasteiger partial charge in [0.15, 0.2) is 15.0 Å². The lowest BCUT2D eigenvalue weighted by molar-refractivity contribution is -0.131. The first kappa shape index (κ1) is 22.9. The van der Waals surface area contributed by atoms with Gasteiger partial charge in [-0.25, -0.2) is 13.4 Å². The normalized spacial score (nSPS) is 18.6. The van der Waals surface area contributed by atoms with Crippen molar-refractivity contribution in [2.45, 2.75) is 62.3 Å². The molecule has 1 aromatic heterocycles. The van der Waals surface area contributed by atoms with Crippen molar-refractivity contribution in [2.75, 3.05) is 18.5 Å². The Morgan fingerprint density at radius 2 is 2.03 bits per heavy atom. The molecule has 0 saturated carbocycles. The van der Waals surface area contributed by atoms with E-state index in [1.165, 1.54) is 11.3 Å². The third-order valence-electron chi connectivity index (χ3n) is 5.76. The van der Waals surface area contributed by atoms with Crippen molar-refractivity contribution in [3.8, 4) is 0 Å². The van der Waals surface area contributed by atoms with Crippen LogP contribution in [0.15, 0.2) is 29.2 Å². The largest absolute Gasteiger partial charge is 0.368 e. The highest BCUT2D eigenvalue weighted by molar-refractivity contribution is 7.92. The molecular weight excluding hydrogens is 450 g/mol. The summed E-state index contributed by atoms with van der Waals surface area (Å²) in [7, 11) is -3.33. The highest BCUT2D eigenvalue weighted by atomic mass is 32.2. The number of thiazole rings is 1. The third kappa shape index (κ3) is 4.87. The quantitative estimate of drug-likeness (QED) is 0.686. The molecule has 172 valence electrons. The zero-order valence-electron chi connectivity index (χ0n) is 18.2. The van der Waals surface area contributed by atoms with Gasteiger partial charge >= 0.3 is 0 Å². The molecule has 3 heterocycles. The summed E-state index contributed by atoms with van der Waals surface area (Å²) in [5, 5.41) is 2.90. The van der Waals surface area contributed by atoms with Crippen LogP contribution in [0.5, 0.6) is 0 Å². The summed E-state index contributed by atoms with van der Waals surface area (Å²) in [6.45, 7) is 4.93. The lowest BCUT2D eigenvalue weighted by atomic mass is 10.1. The van der Waals surface area contributed by atoms with E-state index < -0.39 is 21.2 Å². The number of benzene rings is 1. The minimum atomic E-state index is -3.33. The molecule has 4 rings (SSSR count). The number of rotatable bonds is 6. The number of hydrogen-bond donors (Lipinski definition) is 1. The van der Waals surface area contributed by atoms with Gasteiger partial charge in [-0.3, -0.25) is 14.9 Å². The Labute approximate surface area is 191 Å². The molecule has 0 aliphatic carbocycles. The average Bonchev–Trinajstić information content (AvgIpc) is 3.43. The summed E-state index contributed by atoms with van der Waals surface area (Å²) in [4.78, 5) is 32.6. The number of anilines is 1. The molecule has 1 N–H and O–H groups in total. The summed E-state index contributed by atoms with van der Waals surface area (Å²) in [5.74, 6) is -0.182. The highest BCUT2D eigenvalue weighted by Crippen LogP contribution is 2.29. The second-order valence-corrected chi connectivity index (χ2v) is 11.9. The van der Waals surface area contributed by atoms with E-state index in [1.807, 2.05) is 0 Å². The van der Waals surface area contributed by atoms with Gasteiger partial charge in [0, 0.05) is 24.4 Å². The van der Waals surface area contributed by atoms with Crippen LogP contribution in [0.4, 0.5) is 5.13 Å². The van der Waals surface area contributed by atoms with E-state index in [4.69, 9.17) is 4.74 Å². The van der Waals surface area contributed by atoms with Crippen LogP contribution < -0.4 is 5.32 Å². The molecule has 1 aromatic carbocycles. The summed E-state index contributed by atoms with van der Waals surface area (Å²) >= 11 is 1.40. The van der Waals surface area contributed by atoms with E-state index in [1.54, 1.807) is 43.0 Å². The predicted molar refractivity (Wildman–Crippen MR) is 121 cm³/mol. The van der Waals surface area contributed by atoms with Gasteiger partial charge in [0.2, 0.25) is 5.91 Å². The van der Waals surface area contributed by atoms with Crippen molar-refractivity contribution in [1.82, 2.24) is 9.88 Å². The minimum absolute atomic E-state index is 0.0199. The minimum Gasteiger partial charge on any atom is -0.368 e. The van der Waals surface area contributed by atoms with Crippen LogP contribution in [-0.2, 0) is 43.5 Å². The van der Waals surface area contributed by atoms with Crippen LogP contribution in [0.1, 0.15) is 42.8 Å². The number of carbonyl (C=O) groups excluding carboxylic acids is 2. The van der Waals surface area contributed by atoms with Crippen LogP contribution in [-0.4, -0.2) is 54.6 Å². The number of nitrogens with zero attached hydrogens (tertiary/aromatic N) is 2. The molecule has 1 unspecified atom stereocenters. The molecule has 2 aliphatic heterocycles.